The molecule has 0 bridgehead atoms. The topological polar surface area (TPSA) is 156 Å². The summed E-state index contributed by atoms with van der Waals surface area (Å²) in [5.41, 5.74) is -1.93. The van der Waals surface area contributed by atoms with Crippen LogP contribution in [0.5, 0.6) is 11.5 Å². The van der Waals surface area contributed by atoms with Crippen LogP contribution in [-0.4, -0.2) is 61.1 Å². The number of unbranched alkanes of at least 4 members (excludes halogenated alkanes) is 4. The van der Waals surface area contributed by atoms with Crippen LogP contribution in [0.25, 0.3) is 0 Å². The fourth-order valence-corrected chi connectivity index (χ4v) is 3.45. The van der Waals surface area contributed by atoms with E-state index >= 15 is 0 Å². The Kier molecular flexibility index (Phi) is 16.1. The maximum absolute atomic E-state index is 12.4. The molecular weight excluding hydrogens is 526 g/mol. The van der Waals surface area contributed by atoms with Crippen LogP contribution in [0, 0.1) is 0 Å². The van der Waals surface area contributed by atoms with Crippen LogP contribution < -0.4 is 14.8 Å². The lowest BCUT2D eigenvalue weighted by Gasteiger charge is -2.32. The molecule has 0 fully saturated rings. The number of carbonyl (C=O) groups excluding carboxylic acids is 3. The number of carboxylic acid groups (broad SMARTS) is 1. The van der Waals surface area contributed by atoms with Gasteiger partial charge in [-0.2, -0.15) is 0 Å². The Hall–Kier alpha value is -3.54. The first kappa shape index (κ1) is 34.5. The van der Waals surface area contributed by atoms with E-state index in [1.54, 1.807) is 13.8 Å². The summed E-state index contributed by atoms with van der Waals surface area (Å²) in [4.78, 5) is 49.2. The van der Waals surface area contributed by atoms with Gasteiger partial charge in [0.15, 0.2) is 11.5 Å². The number of carboxylic acids is 1. The molecule has 0 aliphatic carbocycles. The van der Waals surface area contributed by atoms with Crippen LogP contribution in [0.1, 0.15) is 85.1 Å². The second kappa shape index (κ2) is 18.7. The molecule has 2 N–H and O–H groups in total. The number of carbonyl (C=O) groups is 4. The Bertz CT molecular complexity index is 952. The minimum atomic E-state index is -2.21. The van der Waals surface area contributed by atoms with Crippen molar-refractivity contribution in [2.45, 2.75) is 97.8 Å². The summed E-state index contributed by atoms with van der Waals surface area (Å²) < 4.78 is 30.8. The Morgan fingerprint density at radius 3 is 1.90 bits per heavy atom. The van der Waals surface area contributed by atoms with Crippen LogP contribution in [0.3, 0.4) is 0 Å². The third-order valence-electron chi connectivity index (χ3n) is 5.74. The van der Waals surface area contributed by atoms with E-state index in [4.69, 9.17) is 28.4 Å². The van der Waals surface area contributed by atoms with E-state index in [-0.39, 0.29) is 49.3 Å². The van der Waals surface area contributed by atoms with Gasteiger partial charge in [0.1, 0.15) is 0 Å². The molecule has 0 aromatic heterocycles. The summed E-state index contributed by atoms with van der Waals surface area (Å²) in [5, 5.41) is 12.9. The number of hydrogen-bond donors (Lipinski definition) is 2. The minimum absolute atomic E-state index is 0.0171. The van der Waals surface area contributed by atoms with Gasteiger partial charge in [-0.05, 0) is 50.8 Å². The number of ether oxygens (including phenoxy) is 6. The Balaban J connectivity index is 3.30. The van der Waals surface area contributed by atoms with E-state index in [2.05, 4.69) is 5.32 Å². The normalized spacial score (nSPS) is 12.9. The molecule has 0 heterocycles. The lowest BCUT2D eigenvalue weighted by molar-refractivity contribution is -0.166. The van der Waals surface area contributed by atoms with Crippen molar-refractivity contribution in [2.75, 3.05) is 19.8 Å². The summed E-state index contributed by atoms with van der Waals surface area (Å²) in [6.07, 6.45) is 1.90. The molecule has 0 aliphatic rings. The lowest BCUT2D eigenvalue weighted by Crippen LogP contribution is -2.59. The van der Waals surface area contributed by atoms with Gasteiger partial charge in [-0.15, -0.1) is 0 Å². The Morgan fingerprint density at radius 1 is 0.825 bits per heavy atom. The molecular formula is C28H43NO11. The largest absolute Gasteiger partial charge is 0.513 e. The zero-order chi connectivity index (χ0) is 30.0. The van der Waals surface area contributed by atoms with Crippen molar-refractivity contribution >= 4 is 24.4 Å². The van der Waals surface area contributed by atoms with Crippen LogP contribution >= 0.6 is 0 Å². The predicted molar refractivity (Wildman–Crippen MR) is 145 cm³/mol. The molecule has 0 spiro atoms. The molecule has 12 heteroatoms. The first-order chi connectivity index (χ1) is 19.1. The van der Waals surface area contributed by atoms with Crippen molar-refractivity contribution in [1.29, 1.82) is 0 Å². The van der Waals surface area contributed by atoms with Crippen molar-refractivity contribution in [1.82, 2.24) is 5.32 Å². The first-order valence-electron chi connectivity index (χ1n) is 13.8. The fraction of sp³-hybridized carbons (Fsp3) is 0.643. The summed E-state index contributed by atoms with van der Waals surface area (Å²) in [6.45, 7) is 9.43. The van der Waals surface area contributed by atoms with Crippen molar-refractivity contribution in [2.24, 2.45) is 0 Å². The molecule has 0 saturated heterocycles. The quantitative estimate of drug-likeness (QED) is 0.0701. The van der Waals surface area contributed by atoms with Crippen LogP contribution in [0.4, 0.5) is 14.4 Å². The van der Waals surface area contributed by atoms with Crippen LogP contribution in [0.15, 0.2) is 18.2 Å². The van der Waals surface area contributed by atoms with Gasteiger partial charge in [0.2, 0.25) is 0 Å². The number of rotatable bonds is 18. The molecule has 0 saturated carbocycles. The highest BCUT2D eigenvalue weighted by molar-refractivity contribution is 5.80. The van der Waals surface area contributed by atoms with Crippen molar-refractivity contribution in [3.63, 3.8) is 0 Å². The van der Waals surface area contributed by atoms with Gasteiger partial charge in [0.25, 0.3) is 5.72 Å². The average Bonchev–Trinajstić information content (AvgIpc) is 2.90. The molecule has 1 rings (SSSR count). The monoisotopic (exact) mass is 569 g/mol. The van der Waals surface area contributed by atoms with E-state index in [9.17, 15) is 24.3 Å². The Labute approximate surface area is 235 Å². The second-order valence-electron chi connectivity index (χ2n) is 9.14. The fourth-order valence-electron chi connectivity index (χ4n) is 3.45. The van der Waals surface area contributed by atoms with Gasteiger partial charge >= 0.3 is 24.4 Å². The molecule has 40 heavy (non-hydrogen) atoms. The number of aliphatic carboxylic acids is 1. The van der Waals surface area contributed by atoms with Crippen molar-refractivity contribution in [3.05, 3.63) is 23.8 Å². The van der Waals surface area contributed by atoms with Crippen LogP contribution in [0.2, 0.25) is 0 Å². The highest BCUT2D eigenvalue weighted by Gasteiger charge is 2.44. The molecule has 0 aliphatic heterocycles. The standard InChI is InChI=1S/C28H43NO11/c1-6-10-12-16-36-25(32)38-22-15-14-21(18-23(22)39-26(33)37-17-13-11-7-2)19-28(24(30)31,29-20(5)8-3)40-27(34)35-9-4/h14-15,18,20,29H,6-13,16-17,19H2,1-5H3,(H,30,31)/t20?,28-/m0/s1. The third kappa shape index (κ3) is 12.5. The van der Waals surface area contributed by atoms with Gasteiger partial charge in [-0.3, -0.25) is 5.32 Å². The number of hydrogen-bond acceptors (Lipinski definition) is 11. The zero-order valence-corrected chi connectivity index (χ0v) is 24.1. The van der Waals surface area contributed by atoms with E-state index in [0.29, 0.717) is 19.3 Å². The molecule has 0 amide bonds. The van der Waals surface area contributed by atoms with Gasteiger partial charge in [0, 0.05) is 12.5 Å². The van der Waals surface area contributed by atoms with E-state index < -0.39 is 30.2 Å². The van der Waals surface area contributed by atoms with E-state index in [1.807, 2.05) is 20.8 Å². The molecule has 1 aromatic rings. The lowest BCUT2D eigenvalue weighted by atomic mass is 10.00. The molecule has 0 radical (unpaired) electrons. The van der Waals surface area contributed by atoms with Crippen molar-refractivity contribution < 1.29 is 52.7 Å². The summed E-state index contributed by atoms with van der Waals surface area (Å²) in [6, 6.07) is 3.72. The SMILES string of the molecule is CCCCCOC(=O)Oc1ccc(C[C@](NC(C)CC)(OC(=O)OCC)C(=O)O)cc1OC(=O)OCCCCC. The Morgan fingerprint density at radius 2 is 1.40 bits per heavy atom. The molecule has 2 atom stereocenters. The summed E-state index contributed by atoms with van der Waals surface area (Å²) in [5.74, 6) is -1.81. The molecule has 1 aromatic carbocycles. The maximum atomic E-state index is 12.4. The third-order valence-corrected chi connectivity index (χ3v) is 5.74. The van der Waals surface area contributed by atoms with Gasteiger partial charge in [0.05, 0.1) is 19.8 Å². The molecule has 226 valence electrons. The van der Waals surface area contributed by atoms with Crippen molar-refractivity contribution in [3.8, 4) is 11.5 Å². The zero-order valence-electron chi connectivity index (χ0n) is 24.1. The molecule has 1 unspecified atom stereocenters. The van der Waals surface area contributed by atoms with Gasteiger partial charge < -0.3 is 33.5 Å². The van der Waals surface area contributed by atoms with E-state index in [1.165, 1.54) is 18.2 Å². The highest BCUT2D eigenvalue weighted by Crippen LogP contribution is 2.31. The number of benzene rings is 1. The van der Waals surface area contributed by atoms with Gasteiger partial charge in [-0.25, -0.2) is 19.2 Å². The smallest absolute Gasteiger partial charge is 0.477 e. The second-order valence-corrected chi connectivity index (χ2v) is 9.14. The summed E-state index contributed by atoms with van der Waals surface area (Å²) >= 11 is 0. The first-order valence-corrected chi connectivity index (χ1v) is 13.8. The number of nitrogens with one attached hydrogen (secondary N) is 1. The highest BCUT2D eigenvalue weighted by atomic mass is 16.8. The average molecular weight is 570 g/mol. The molecule has 12 nitrogen and oxygen atoms in total. The van der Waals surface area contributed by atoms with Gasteiger partial charge in [-0.1, -0.05) is 52.5 Å². The maximum Gasteiger partial charge on any atom is 0.513 e. The predicted octanol–water partition coefficient (Wildman–Crippen LogP) is 5.98. The minimum Gasteiger partial charge on any atom is -0.477 e. The van der Waals surface area contributed by atoms with Crippen LogP contribution in [-0.2, 0) is 30.2 Å². The summed E-state index contributed by atoms with van der Waals surface area (Å²) in [7, 11) is 0. The van der Waals surface area contributed by atoms with E-state index in [0.717, 1.165) is 25.7 Å².